The Bertz CT molecular complexity index is 275. The number of nitrogens with one attached hydrogen (secondary N) is 1. The topological polar surface area (TPSA) is 35.5 Å². The molecule has 0 bridgehead atoms. The van der Waals surface area contributed by atoms with Gasteiger partial charge >= 0.3 is 0 Å². The van der Waals surface area contributed by atoms with Crippen molar-refractivity contribution in [2.24, 2.45) is 11.3 Å². The van der Waals surface area contributed by atoms with Gasteiger partial charge in [-0.15, -0.1) is 0 Å². The van der Waals surface area contributed by atoms with Crippen LogP contribution in [0, 0.1) is 11.3 Å². The van der Waals surface area contributed by atoms with Crippen molar-refractivity contribution < 1.29 is 5.11 Å². The highest BCUT2D eigenvalue weighted by atomic mass is 16.3. The van der Waals surface area contributed by atoms with Crippen LogP contribution in [0.4, 0.5) is 0 Å². The summed E-state index contributed by atoms with van der Waals surface area (Å²) in [6, 6.07) is 0. The summed E-state index contributed by atoms with van der Waals surface area (Å²) in [6.45, 7) is 16.3. The first-order valence-electron chi connectivity index (χ1n) is 8.36. The van der Waals surface area contributed by atoms with Crippen molar-refractivity contribution in [1.82, 2.24) is 10.2 Å². The molecule has 1 saturated heterocycles. The molecule has 0 aromatic rings. The van der Waals surface area contributed by atoms with Crippen LogP contribution in [-0.4, -0.2) is 48.3 Å². The molecule has 1 fully saturated rings. The van der Waals surface area contributed by atoms with Crippen LogP contribution in [0.15, 0.2) is 0 Å². The Morgan fingerprint density at radius 1 is 1.25 bits per heavy atom. The van der Waals surface area contributed by atoms with Gasteiger partial charge in [0.25, 0.3) is 0 Å². The Balaban J connectivity index is 2.55. The van der Waals surface area contributed by atoms with Gasteiger partial charge in [-0.1, -0.05) is 20.3 Å². The molecule has 0 aliphatic carbocycles. The number of rotatable bonds is 7. The molecule has 1 rings (SSSR count). The SMILES string of the molecule is CCCC(C)(CNC(C)(C)C)CN1CCCC(CO)C1. The number of hydrogen-bond donors (Lipinski definition) is 2. The molecule has 2 unspecified atom stereocenters. The van der Waals surface area contributed by atoms with Gasteiger partial charge in [-0.05, 0) is 57.9 Å². The maximum atomic E-state index is 9.38. The molecule has 0 saturated carbocycles. The number of hydrogen-bond acceptors (Lipinski definition) is 3. The molecule has 0 aromatic carbocycles. The normalized spacial score (nSPS) is 24.6. The van der Waals surface area contributed by atoms with E-state index in [-0.39, 0.29) is 5.54 Å². The van der Waals surface area contributed by atoms with Crippen molar-refractivity contribution in [1.29, 1.82) is 0 Å². The lowest BCUT2D eigenvalue weighted by molar-refractivity contribution is 0.0766. The first-order valence-corrected chi connectivity index (χ1v) is 8.36. The summed E-state index contributed by atoms with van der Waals surface area (Å²) in [7, 11) is 0. The van der Waals surface area contributed by atoms with Gasteiger partial charge in [0.1, 0.15) is 0 Å². The maximum Gasteiger partial charge on any atom is 0.0471 e. The van der Waals surface area contributed by atoms with E-state index in [0.29, 0.717) is 17.9 Å². The van der Waals surface area contributed by atoms with E-state index < -0.39 is 0 Å². The minimum absolute atomic E-state index is 0.185. The summed E-state index contributed by atoms with van der Waals surface area (Å²) in [4.78, 5) is 2.57. The lowest BCUT2D eigenvalue weighted by atomic mass is 9.83. The highest BCUT2D eigenvalue weighted by molar-refractivity contribution is 4.85. The third-order valence-electron chi connectivity index (χ3n) is 4.37. The summed E-state index contributed by atoms with van der Waals surface area (Å²) in [5.74, 6) is 0.491. The van der Waals surface area contributed by atoms with Gasteiger partial charge in [0, 0.05) is 31.8 Å². The number of nitrogens with zero attached hydrogens (tertiary/aromatic N) is 1. The Morgan fingerprint density at radius 3 is 2.50 bits per heavy atom. The summed E-state index contributed by atoms with van der Waals surface area (Å²) >= 11 is 0. The molecule has 0 radical (unpaired) electrons. The molecule has 0 amide bonds. The van der Waals surface area contributed by atoms with Crippen molar-refractivity contribution in [3.63, 3.8) is 0 Å². The number of piperidine rings is 1. The van der Waals surface area contributed by atoms with E-state index in [0.717, 1.165) is 19.6 Å². The third-order valence-corrected chi connectivity index (χ3v) is 4.37. The molecular weight excluding hydrogens is 248 g/mol. The molecule has 3 heteroatoms. The summed E-state index contributed by atoms with van der Waals surface area (Å²) in [6.07, 6.45) is 4.92. The standard InChI is InChI=1S/C17H36N2O/c1-6-9-17(5,13-18-16(2,3)4)14-19-10-7-8-15(11-19)12-20/h15,18,20H,6-14H2,1-5H3. The zero-order valence-corrected chi connectivity index (χ0v) is 14.3. The van der Waals surface area contributed by atoms with E-state index >= 15 is 0 Å². The van der Waals surface area contributed by atoms with E-state index in [9.17, 15) is 5.11 Å². The molecule has 0 aromatic heterocycles. The lowest BCUT2D eigenvalue weighted by Crippen LogP contribution is -2.49. The Kier molecular flexibility index (Phi) is 6.96. The van der Waals surface area contributed by atoms with Crippen LogP contribution in [-0.2, 0) is 0 Å². The quantitative estimate of drug-likeness (QED) is 0.754. The molecular formula is C17H36N2O. The Hall–Kier alpha value is -0.120. The third kappa shape index (κ3) is 6.55. The smallest absolute Gasteiger partial charge is 0.0471 e. The largest absolute Gasteiger partial charge is 0.396 e. The fourth-order valence-corrected chi connectivity index (χ4v) is 3.29. The van der Waals surface area contributed by atoms with Gasteiger partial charge in [0.2, 0.25) is 0 Å². The van der Waals surface area contributed by atoms with Crippen LogP contribution >= 0.6 is 0 Å². The zero-order valence-electron chi connectivity index (χ0n) is 14.3. The number of aliphatic hydroxyl groups is 1. The molecule has 2 N–H and O–H groups in total. The predicted molar refractivity (Wildman–Crippen MR) is 87.0 cm³/mol. The summed E-state index contributed by atoms with van der Waals surface area (Å²) in [5, 5.41) is 13.1. The first-order chi connectivity index (χ1) is 9.28. The summed E-state index contributed by atoms with van der Waals surface area (Å²) in [5.41, 5.74) is 0.518. The van der Waals surface area contributed by atoms with Crippen molar-refractivity contribution in [2.75, 3.05) is 32.8 Å². The average molecular weight is 284 g/mol. The Labute approximate surface area is 126 Å². The second-order valence-corrected chi connectivity index (χ2v) is 8.09. The van der Waals surface area contributed by atoms with Crippen LogP contribution in [0.2, 0.25) is 0 Å². The molecule has 0 spiro atoms. The number of aliphatic hydroxyl groups excluding tert-OH is 1. The molecule has 1 heterocycles. The van der Waals surface area contributed by atoms with Crippen molar-refractivity contribution in [3.05, 3.63) is 0 Å². The van der Waals surface area contributed by atoms with E-state index in [1.807, 2.05) is 0 Å². The van der Waals surface area contributed by atoms with Gasteiger partial charge in [0.05, 0.1) is 0 Å². The van der Waals surface area contributed by atoms with Gasteiger partial charge in [-0.3, -0.25) is 0 Å². The van der Waals surface area contributed by atoms with Crippen LogP contribution in [0.1, 0.15) is 60.3 Å². The van der Waals surface area contributed by atoms with Crippen LogP contribution < -0.4 is 5.32 Å². The van der Waals surface area contributed by atoms with Crippen LogP contribution in [0.25, 0.3) is 0 Å². The van der Waals surface area contributed by atoms with Crippen molar-refractivity contribution in [2.45, 2.75) is 65.8 Å². The zero-order chi connectivity index (χ0) is 15.2. The lowest BCUT2D eigenvalue weighted by Gasteiger charge is -2.41. The van der Waals surface area contributed by atoms with Gasteiger partial charge in [-0.25, -0.2) is 0 Å². The van der Waals surface area contributed by atoms with Crippen molar-refractivity contribution >= 4 is 0 Å². The monoisotopic (exact) mass is 284 g/mol. The molecule has 120 valence electrons. The van der Waals surface area contributed by atoms with Gasteiger partial charge in [-0.2, -0.15) is 0 Å². The Morgan fingerprint density at radius 2 is 1.95 bits per heavy atom. The van der Waals surface area contributed by atoms with E-state index in [1.165, 1.54) is 32.2 Å². The highest BCUT2D eigenvalue weighted by Gasteiger charge is 2.30. The van der Waals surface area contributed by atoms with E-state index in [4.69, 9.17) is 0 Å². The maximum absolute atomic E-state index is 9.38. The average Bonchev–Trinajstić information content (AvgIpc) is 2.36. The van der Waals surface area contributed by atoms with Gasteiger partial charge in [0.15, 0.2) is 0 Å². The van der Waals surface area contributed by atoms with Crippen molar-refractivity contribution in [3.8, 4) is 0 Å². The predicted octanol–water partition coefficient (Wildman–Crippen LogP) is 2.89. The minimum Gasteiger partial charge on any atom is -0.396 e. The minimum atomic E-state index is 0.185. The van der Waals surface area contributed by atoms with E-state index in [1.54, 1.807) is 0 Å². The molecule has 2 atom stereocenters. The fraction of sp³-hybridized carbons (Fsp3) is 1.00. The molecule has 1 aliphatic heterocycles. The second-order valence-electron chi connectivity index (χ2n) is 8.09. The van der Waals surface area contributed by atoms with Crippen LogP contribution in [0.5, 0.6) is 0 Å². The van der Waals surface area contributed by atoms with E-state index in [2.05, 4.69) is 44.8 Å². The summed E-state index contributed by atoms with van der Waals surface area (Å²) < 4.78 is 0. The highest BCUT2D eigenvalue weighted by Crippen LogP contribution is 2.27. The fourth-order valence-electron chi connectivity index (χ4n) is 3.29. The van der Waals surface area contributed by atoms with Crippen LogP contribution in [0.3, 0.4) is 0 Å². The first kappa shape index (κ1) is 17.9. The van der Waals surface area contributed by atoms with Gasteiger partial charge < -0.3 is 15.3 Å². The molecule has 20 heavy (non-hydrogen) atoms. The second kappa shape index (κ2) is 7.77. The number of likely N-dealkylation sites (tertiary alicyclic amines) is 1. The molecule has 3 nitrogen and oxygen atoms in total. The molecule has 1 aliphatic rings.